The van der Waals surface area contributed by atoms with E-state index in [0.29, 0.717) is 0 Å². The van der Waals surface area contributed by atoms with Crippen LogP contribution < -0.4 is 0 Å². The summed E-state index contributed by atoms with van der Waals surface area (Å²) in [6.45, 7) is 7.39. The van der Waals surface area contributed by atoms with Gasteiger partial charge in [-0.25, -0.2) is 9.36 Å². The minimum Gasteiger partial charge on any atom is -0.464 e. The third-order valence-corrected chi connectivity index (χ3v) is 3.63. The first-order chi connectivity index (χ1) is 9.02. The van der Waals surface area contributed by atoms with Crippen LogP contribution >= 0.6 is 7.82 Å². The Labute approximate surface area is 114 Å². The molecule has 0 aromatic carbocycles. The van der Waals surface area contributed by atoms with Crippen LogP contribution in [0.25, 0.3) is 0 Å². The van der Waals surface area contributed by atoms with E-state index in [0.717, 1.165) is 0 Å². The molecule has 0 N–H and O–H groups in total. The van der Waals surface area contributed by atoms with Crippen LogP contribution in [0, 0.1) is 0 Å². The summed E-state index contributed by atoms with van der Waals surface area (Å²) in [6, 6.07) is 0. The third-order valence-electron chi connectivity index (χ3n) is 1.97. The Hall–Kier alpha value is -0.680. The first-order valence-electron chi connectivity index (χ1n) is 6.38. The van der Waals surface area contributed by atoms with Gasteiger partial charge in [-0.3, -0.25) is 13.6 Å². The highest BCUT2D eigenvalue weighted by molar-refractivity contribution is 7.48. The summed E-state index contributed by atoms with van der Waals surface area (Å²) in [5.74, 6) is -0.583. The molecule has 19 heavy (non-hydrogen) atoms. The molecule has 0 unspecified atom stereocenters. The number of carbonyl (C=O) groups is 1. The molecule has 7 heteroatoms. The molecule has 0 aliphatic carbocycles. The van der Waals surface area contributed by atoms with E-state index in [1.54, 1.807) is 32.9 Å². The molecular weight excluding hydrogens is 271 g/mol. The molecule has 0 fully saturated rings. The van der Waals surface area contributed by atoms with Gasteiger partial charge in [0.25, 0.3) is 0 Å². The van der Waals surface area contributed by atoms with Crippen molar-refractivity contribution in [3.63, 3.8) is 0 Å². The molecule has 6 nitrogen and oxygen atoms in total. The highest BCUT2D eigenvalue weighted by Gasteiger charge is 2.33. The van der Waals surface area contributed by atoms with Gasteiger partial charge < -0.3 is 4.74 Å². The molecule has 0 bridgehead atoms. The normalized spacial score (nSPS) is 13.7. The van der Waals surface area contributed by atoms with E-state index in [1.165, 1.54) is 0 Å². The van der Waals surface area contributed by atoms with E-state index >= 15 is 0 Å². The average Bonchev–Trinajstić information content (AvgIpc) is 2.35. The van der Waals surface area contributed by atoms with Crippen LogP contribution in [0.5, 0.6) is 0 Å². The van der Waals surface area contributed by atoms with Crippen LogP contribution in [0.15, 0.2) is 12.2 Å². The minimum atomic E-state index is -3.73. The minimum absolute atomic E-state index is 0.163. The molecule has 0 amide bonds. The van der Waals surface area contributed by atoms with Crippen molar-refractivity contribution in [1.82, 2.24) is 0 Å². The van der Waals surface area contributed by atoms with E-state index in [9.17, 15) is 9.36 Å². The maximum atomic E-state index is 12.2. The van der Waals surface area contributed by atoms with Gasteiger partial charge in [0.2, 0.25) is 0 Å². The SMILES string of the molecule is C/C=C/C[C@@H](OP(=O)(OCC)OCC)C(=O)OCC. The summed E-state index contributed by atoms with van der Waals surface area (Å²) in [4.78, 5) is 11.7. The zero-order valence-corrected chi connectivity index (χ0v) is 12.9. The Bertz CT molecular complexity index is 318. The zero-order valence-electron chi connectivity index (χ0n) is 12.0. The van der Waals surface area contributed by atoms with Crippen LogP contribution in [0.2, 0.25) is 0 Å². The topological polar surface area (TPSA) is 71.1 Å². The summed E-state index contributed by atoms with van der Waals surface area (Å²) in [7, 11) is -3.73. The number of ether oxygens (including phenoxy) is 1. The zero-order chi connectivity index (χ0) is 14.7. The molecule has 1 atom stereocenters. The average molecular weight is 294 g/mol. The lowest BCUT2D eigenvalue weighted by atomic mass is 10.2. The number of esters is 1. The number of hydrogen-bond acceptors (Lipinski definition) is 6. The second kappa shape index (κ2) is 10.1. The van der Waals surface area contributed by atoms with Crippen molar-refractivity contribution in [1.29, 1.82) is 0 Å². The summed E-state index contributed by atoms with van der Waals surface area (Å²) in [5.41, 5.74) is 0. The van der Waals surface area contributed by atoms with E-state index in [-0.39, 0.29) is 26.2 Å². The highest BCUT2D eigenvalue weighted by Crippen LogP contribution is 2.50. The Morgan fingerprint density at radius 1 is 1.16 bits per heavy atom. The fourth-order valence-electron chi connectivity index (χ4n) is 1.25. The largest absolute Gasteiger partial charge is 0.475 e. The van der Waals surface area contributed by atoms with E-state index < -0.39 is 19.9 Å². The predicted molar refractivity (Wildman–Crippen MR) is 71.8 cm³/mol. The third kappa shape index (κ3) is 7.47. The highest BCUT2D eigenvalue weighted by atomic mass is 31.2. The quantitative estimate of drug-likeness (QED) is 0.350. The van der Waals surface area contributed by atoms with Gasteiger partial charge >= 0.3 is 13.8 Å². The van der Waals surface area contributed by atoms with Gasteiger partial charge in [-0.05, 0) is 27.7 Å². The molecule has 0 saturated carbocycles. The smallest absolute Gasteiger partial charge is 0.464 e. The molecule has 0 spiro atoms. The maximum Gasteiger partial charge on any atom is 0.475 e. The van der Waals surface area contributed by atoms with E-state index in [1.807, 2.05) is 6.92 Å². The number of rotatable bonds is 10. The van der Waals surface area contributed by atoms with Crippen molar-refractivity contribution in [3.05, 3.63) is 12.2 Å². The van der Waals surface area contributed by atoms with Crippen LogP contribution in [-0.4, -0.2) is 31.9 Å². The number of phosphoric ester groups is 1. The van der Waals surface area contributed by atoms with Crippen LogP contribution in [0.4, 0.5) is 0 Å². The van der Waals surface area contributed by atoms with Crippen LogP contribution in [0.1, 0.15) is 34.1 Å². The van der Waals surface area contributed by atoms with Gasteiger partial charge in [0.1, 0.15) is 0 Å². The molecule has 0 aromatic rings. The monoisotopic (exact) mass is 294 g/mol. The van der Waals surface area contributed by atoms with Gasteiger partial charge in [0.05, 0.1) is 19.8 Å². The van der Waals surface area contributed by atoms with Crippen molar-refractivity contribution < 1.29 is 27.7 Å². The first-order valence-corrected chi connectivity index (χ1v) is 7.84. The van der Waals surface area contributed by atoms with E-state index in [4.69, 9.17) is 18.3 Å². The predicted octanol–water partition coefficient (Wildman–Crippen LogP) is 3.08. The second-order valence-corrected chi connectivity index (χ2v) is 5.06. The Kier molecular flexibility index (Phi) is 9.79. The Morgan fingerprint density at radius 3 is 2.16 bits per heavy atom. The molecule has 0 saturated heterocycles. The van der Waals surface area contributed by atoms with E-state index in [2.05, 4.69) is 0 Å². The summed E-state index contributed by atoms with van der Waals surface area (Å²) >= 11 is 0. The molecular formula is C12H23O6P. The summed E-state index contributed by atoms with van der Waals surface area (Å²) < 4.78 is 32.3. The van der Waals surface area contributed by atoms with Crippen LogP contribution in [-0.2, 0) is 27.7 Å². The number of carbonyl (C=O) groups excluding carboxylic acids is 1. The molecule has 0 aliphatic heterocycles. The molecule has 0 radical (unpaired) electrons. The first kappa shape index (κ1) is 18.3. The summed E-state index contributed by atoms with van der Waals surface area (Å²) in [5, 5.41) is 0. The molecule has 0 rings (SSSR count). The van der Waals surface area contributed by atoms with Crippen molar-refractivity contribution in [2.45, 2.75) is 40.2 Å². The summed E-state index contributed by atoms with van der Waals surface area (Å²) in [6.07, 6.45) is 2.74. The Morgan fingerprint density at radius 2 is 1.74 bits per heavy atom. The molecule has 0 aliphatic rings. The molecule has 112 valence electrons. The molecule has 0 aromatic heterocycles. The number of phosphoric acid groups is 1. The molecule has 0 heterocycles. The fraction of sp³-hybridized carbons (Fsp3) is 0.750. The number of allylic oxidation sites excluding steroid dienone is 1. The van der Waals surface area contributed by atoms with Crippen molar-refractivity contribution in [2.75, 3.05) is 19.8 Å². The van der Waals surface area contributed by atoms with Crippen LogP contribution in [0.3, 0.4) is 0 Å². The lowest BCUT2D eigenvalue weighted by molar-refractivity contribution is -0.152. The fourth-order valence-corrected chi connectivity index (χ4v) is 2.56. The second-order valence-electron chi connectivity index (χ2n) is 3.43. The van der Waals surface area contributed by atoms with Crippen molar-refractivity contribution in [3.8, 4) is 0 Å². The standard InChI is InChI=1S/C12H23O6P/c1-5-9-10-11(12(13)15-6-2)18-19(14,16-7-3)17-8-4/h5,9,11H,6-8,10H2,1-4H3/b9-5+/t11-/m1/s1. The van der Waals surface area contributed by atoms with Gasteiger partial charge in [-0.2, -0.15) is 0 Å². The van der Waals surface area contributed by atoms with Crippen molar-refractivity contribution in [2.24, 2.45) is 0 Å². The van der Waals surface area contributed by atoms with Gasteiger partial charge in [-0.1, -0.05) is 12.2 Å². The Balaban J connectivity index is 4.83. The van der Waals surface area contributed by atoms with Gasteiger partial charge in [0.15, 0.2) is 6.10 Å². The maximum absolute atomic E-state index is 12.2. The number of hydrogen-bond donors (Lipinski definition) is 0. The van der Waals surface area contributed by atoms with Gasteiger partial charge in [0, 0.05) is 6.42 Å². The lowest BCUT2D eigenvalue weighted by Crippen LogP contribution is -2.26. The van der Waals surface area contributed by atoms with Crippen molar-refractivity contribution >= 4 is 13.8 Å². The van der Waals surface area contributed by atoms with Gasteiger partial charge in [-0.15, -0.1) is 0 Å². The lowest BCUT2D eigenvalue weighted by Gasteiger charge is -2.21.